The summed E-state index contributed by atoms with van der Waals surface area (Å²) in [5.74, 6) is -4.04. The second kappa shape index (κ2) is 21.3. The Morgan fingerprint density at radius 1 is 1.07 bits per heavy atom. The fourth-order valence-corrected chi connectivity index (χ4v) is 9.09. The van der Waals surface area contributed by atoms with Crippen molar-refractivity contribution in [1.29, 1.82) is 5.41 Å². The maximum Gasteiger partial charge on any atom is 0.433 e. The van der Waals surface area contributed by atoms with Gasteiger partial charge in [0.2, 0.25) is 11.7 Å². The SMILES string of the molecule is CSC(C)(C)C#Cc1ccc(-c2ccc(Cl)c3c(N(C(=O)CN4CCOCC4)[S+](C)[O-])nn(CC(F)(F)F)c23)c(C(Cc2cc(F)cc(F)c2)NC(=O)CNC2=C(C(=N)C(F)(F)F)[C@@H](C)CC2(F)F)n1. The van der Waals surface area contributed by atoms with Crippen molar-refractivity contribution in [3.8, 4) is 23.0 Å². The van der Waals surface area contributed by atoms with Crippen molar-refractivity contribution in [2.75, 3.05) is 56.2 Å². The largest absolute Gasteiger partial charge is 0.593 e. The Balaban J connectivity index is 1.57. The standard InChI is InChI=1S/C45H45ClF10N8O4S2/c1-24-20-43(49,50)40(35(24)39(57)45(54,55)56)58-21-33(65)60-32(18-25-16-26(47)19-27(48)17-25)37-29(7-6-28(59-37)10-11-42(2,3)69-4)30-8-9-31(46)36-38(30)63(23-44(51,52)53)61-41(36)64(70(5)67)34(66)22-62-12-14-68-15-13-62/h6-9,16-17,19,24,32,57-58H,12-15,18,20-23H2,1-5H3,(H,60,65)/t24-,32?,70?/m0/s1. The Labute approximate surface area is 407 Å². The number of allylic oxidation sites excluding steroid dienone is 2. The average molecular weight is 1050 g/mol. The third-order valence-electron chi connectivity index (χ3n) is 11.2. The number of morpholine rings is 1. The molecule has 1 aliphatic carbocycles. The lowest BCUT2D eigenvalue weighted by Crippen LogP contribution is -2.46. The Morgan fingerprint density at radius 3 is 2.31 bits per heavy atom. The van der Waals surface area contributed by atoms with Gasteiger partial charge in [-0.05, 0) is 74.3 Å². The summed E-state index contributed by atoms with van der Waals surface area (Å²) in [6.07, 6.45) is -9.04. The average Bonchev–Trinajstić information content (AvgIpc) is 3.72. The predicted molar refractivity (Wildman–Crippen MR) is 246 cm³/mol. The molecule has 0 saturated carbocycles. The van der Waals surface area contributed by atoms with Crippen LogP contribution in [0.2, 0.25) is 5.02 Å². The summed E-state index contributed by atoms with van der Waals surface area (Å²) in [5, 5.41) is 16.0. The van der Waals surface area contributed by atoms with Crippen LogP contribution >= 0.6 is 23.4 Å². The maximum absolute atomic E-state index is 15.3. The van der Waals surface area contributed by atoms with Crippen molar-refractivity contribution >= 4 is 69.0 Å². The summed E-state index contributed by atoms with van der Waals surface area (Å²) < 4.78 is 164. The number of aromatic nitrogens is 3. The van der Waals surface area contributed by atoms with Crippen molar-refractivity contribution in [3.05, 3.63) is 87.3 Å². The third-order valence-corrected chi connectivity index (χ3v) is 13.5. The highest BCUT2D eigenvalue weighted by Gasteiger charge is 2.51. The van der Waals surface area contributed by atoms with Gasteiger partial charge in [0.15, 0.2) is 0 Å². The monoisotopic (exact) mass is 1050 g/mol. The van der Waals surface area contributed by atoms with E-state index >= 15 is 8.78 Å². The molecule has 12 nitrogen and oxygen atoms in total. The lowest BCUT2D eigenvalue weighted by atomic mass is 9.93. The highest BCUT2D eigenvalue weighted by Crippen LogP contribution is 2.46. The topological polar surface area (TPSA) is 152 Å². The molecule has 0 bridgehead atoms. The van der Waals surface area contributed by atoms with Crippen LogP contribution in [0, 0.1) is 34.8 Å². The molecule has 1 aliphatic heterocycles. The molecule has 2 aliphatic rings. The molecule has 2 amide bonds. The van der Waals surface area contributed by atoms with E-state index in [9.17, 15) is 49.3 Å². The van der Waals surface area contributed by atoms with E-state index in [1.807, 2.05) is 0 Å². The summed E-state index contributed by atoms with van der Waals surface area (Å²) in [6, 6.07) is 6.10. The number of hydrogen-bond donors (Lipinski definition) is 3. The number of anilines is 1. The molecule has 1 saturated heterocycles. The second-order valence-corrected chi connectivity index (χ2v) is 20.0. The number of benzene rings is 2. The number of ether oxygens (including phenoxy) is 1. The lowest BCUT2D eigenvalue weighted by Gasteiger charge is -2.28. The quantitative estimate of drug-likeness (QED) is 0.0461. The molecule has 2 aromatic heterocycles. The first-order valence-corrected chi connectivity index (χ1v) is 24.3. The summed E-state index contributed by atoms with van der Waals surface area (Å²) in [5.41, 5.74) is -5.31. The molecule has 378 valence electrons. The number of alkyl halides is 8. The van der Waals surface area contributed by atoms with Crippen molar-refractivity contribution < 1.29 is 62.8 Å². The molecule has 4 aromatic rings. The van der Waals surface area contributed by atoms with Gasteiger partial charge in [-0.3, -0.25) is 24.6 Å². The summed E-state index contributed by atoms with van der Waals surface area (Å²) in [4.78, 5) is 34.3. The normalized spacial score (nSPS) is 17.5. The van der Waals surface area contributed by atoms with Crippen molar-refractivity contribution in [1.82, 2.24) is 30.3 Å². The first-order valence-electron chi connectivity index (χ1n) is 21.2. The molecule has 0 spiro atoms. The number of amides is 2. The predicted octanol–water partition coefficient (Wildman–Crippen LogP) is 8.54. The molecular weight excluding hydrogens is 1010 g/mol. The van der Waals surface area contributed by atoms with E-state index in [0.717, 1.165) is 25.3 Å². The molecule has 0 radical (unpaired) electrons. The van der Waals surface area contributed by atoms with E-state index in [1.54, 1.807) is 25.0 Å². The summed E-state index contributed by atoms with van der Waals surface area (Å²) in [6.45, 7) is 2.61. The number of halogens is 11. The van der Waals surface area contributed by atoms with Crippen molar-refractivity contribution in [2.45, 2.75) is 69.2 Å². The number of nitrogens with zero attached hydrogens (tertiary/aromatic N) is 5. The maximum atomic E-state index is 15.3. The van der Waals surface area contributed by atoms with Gasteiger partial charge in [-0.1, -0.05) is 30.5 Å². The highest BCUT2D eigenvalue weighted by molar-refractivity contribution is 8.00. The zero-order valence-corrected chi connectivity index (χ0v) is 40.3. The molecule has 70 heavy (non-hydrogen) atoms. The van der Waals surface area contributed by atoms with E-state index in [0.29, 0.717) is 28.1 Å². The van der Waals surface area contributed by atoms with Gasteiger partial charge in [-0.15, -0.1) is 21.2 Å². The van der Waals surface area contributed by atoms with E-state index in [-0.39, 0.29) is 63.8 Å². The number of pyridine rings is 1. The number of rotatable bonds is 15. The molecule has 3 atom stereocenters. The molecular formula is C45H45ClF10N8O4S2. The van der Waals surface area contributed by atoms with E-state index in [1.165, 1.54) is 36.0 Å². The fourth-order valence-electron chi connectivity index (χ4n) is 7.98. The first-order chi connectivity index (χ1) is 32.6. The van der Waals surface area contributed by atoms with Crippen LogP contribution in [0.1, 0.15) is 50.2 Å². The number of carbonyl (C=O) groups excluding carboxylic acids is 2. The summed E-state index contributed by atoms with van der Waals surface area (Å²) >= 11 is 5.88. The molecule has 6 rings (SSSR count). The summed E-state index contributed by atoms with van der Waals surface area (Å²) in [7, 11) is 0. The smallest absolute Gasteiger partial charge is 0.433 e. The molecule has 3 heterocycles. The number of thioether (sulfide) groups is 1. The van der Waals surface area contributed by atoms with Crippen LogP contribution < -0.4 is 14.9 Å². The van der Waals surface area contributed by atoms with Gasteiger partial charge in [0, 0.05) is 42.3 Å². The zero-order valence-electron chi connectivity index (χ0n) is 37.9. The molecule has 3 N–H and O–H groups in total. The van der Waals surface area contributed by atoms with Crippen LogP contribution in [-0.2, 0) is 38.7 Å². The van der Waals surface area contributed by atoms with Crippen LogP contribution in [0.4, 0.5) is 49.7 Å². The Hall–Kier alpha value is -5.06. The lowest BCUT2D eigenvalue weighted by molar-refractivity contribution is -0.141. The second-order valence-electron chi connectivity index (χ2n) is 16.9. The van der Waals surface area contributed by atoms with Crippen molar-refractivity contribution in [3.63, 3.8) is 0 Å². The molecule has 2 unspecified atom stereocenters. The molecule has 25 heteroatoms. The van der Waals surface area contributed by atoms with Crippen LogP contribution in [0.25, 0.3) is 22.0 Å². The minimum absolute atomic E-state index is 0.0136. The fraction of sp³-hybridized carbons (Fsp3) is 0.444. The van der Waals surface area contributed by atoms with E-state index in [4.69, 9.17) is 26.7 Å². The number of fused-ring (bicyclic) bond motifs is 1. The Bertz CT molecular complexity index is 2730. The van der Waals surface area contributed by atoms with Gasteiger partial charge in [-0.25, -0.2) is 13.8 Å². The molecule has 2 aromatic carbocycles. The first kappa shape index (κ1) is 54.3. The van der Waals surface area contributed by atoms with Crippen molar-refractivity contribution in [2.24, 2.45) is 5.92 Å². The van der Waals surface area contributed by atoms with Gasteiger partial charge < -0.3 is 19.9 Å². The van der Waals surface area contributed by atoms with E-state index < -0.39 is 119 Å². The van der Waals surface area contributed by atoms with Crippen LogP contribution in [0.15, 0.2) is 53.7 Å². The van der Waals surface area contributed by atoms with Gasteiger partial charge in [0.05, 0.1) is 75.8 Å². The van der Waals surface area contributed by atoms with Gasteiger partial charge in [0.25, 0.3) is 11.8 Å². The van der Waals surface area contributed by atoms with Gasteiger partial charge in [0.1, 0.15) is 35.8 Å². The number of hydrogen-bond acceptors (Lipinski definition) is 10. The van der Waals surface area contributed by atoms with Gasteiger partial charge in [-0.2, -0.15) is 35.1 Å². The van der Waals surface area contributed by atoms with E-state index in [2.05, 4.69) is 27.6 Å². The van der Waals surface area contributed by atoms with Crippen LogP contribution in [0.5, 0.6) is 0 Å². The van der Waals surface area contributed by atoms with Crippen LogP contribution in [0.3, 0.4) is 0 Å². The highest BCUT2D eigenvalue weighted by atomic mass is 35.5. The zero-order chi connectivity index (χ0) is 51.7. The third kappa shape index (κ3) is 12.9. The van der Waals surface area contributed by atoms with Gasteiger partial charge >= 0.3 is 12.4 Å². The number of carbonyl (C=O) groups is 2. The van der Waals surface area contributed by atoms with Crippen LogP contribution in [-0.4, -0.2) is 117 Å². The Kier molecular flexibility index (Phi) is 16.5. The number of nitrogens with one attached hydrogen (secondary N) is 3. The Morgan fingerprint density at radius 2 is 1.71 bits per heavy atom. The molecule has 1 fully saturated rings. The minimum atomic E-state index is -5.32. The minimum Gasteiger partial charge on any atom is -0.593 e.